The van der Waals surface area contributed by atoms with Crippen molar-refractivity contribution in [2.24, 2.45) is 0 Å². The van der Waals surface area contributed by atoms with Gasteiger partial charge in [-0.1, -0.05) is 11.6 Å². The van der Waals surface area contributed by atoms with E-state index in [2.05, 4.69) is 20.3 Å². The van der Waals surface area contributed by atoms with Crippen LogP contribution in [0.1, 0.15) is 12.8 Å². The molecule has 0 unspecified atom stereocenters. The molecule has 144 valence electrons. The minimum absolute atomic E-state index is 0.170. The summed E-state index contributed by atoms with van der Waals surface area (Å²) in [5, 5.41) is 12.9. The van der Waals surface area contributed by atoms with Gasteiger partial charge in [0.05, 0.1) is 11.2 Å². The van der Waals surface area contributed by atoms with Gasteiger partial charge in [-0.15, -0.1) is 0 Å². The predicted molar refractivity (Wildman–Crippen MR) is 106 cm³/mol. The number of nitrogens with one attached hydrogen (secondary N) is 1. The lowest BCUT2D eigenvalue weighted by Crippen LogP contribution is -2.43. The van der Waals surface area contributed by atoms with Crippen LogP contribution in [0, 0.1) is 0 Å². The summed E-state index contributed by atoms with van der Waals surface area (Å²) in [5.41, 5.74) is 3.05. The van der Waals surface area contributed by atoms with Crippen LogP contribution in [0.25, 0.3) is 22.3 Å². The number of piperidine rings is 1. The summed E-state index contributed by atoms with van der Waals surface area (Å²) in [5.74, 6) is 0.439. The molecule has 0 bridgehead atoms. The van der Waals surface area contributed by atoms with Gasteiger partial charge in [-0.05, 0) is 37.1 Å². The zero-order valence-electron chi connectivity index (χ0n) is 15.0. The van der Waals surface area contributed by atoms with E-state index in [0.717, 1.165) is 29.6 Å². The monoisotopic (exact) mass is 398 g/mol. The molecule has 4 rings (SSSR count). The SMILES string of the molecule is O=C(CO)N1CCC(Nc2ncnc3ccc(-c4ccc(Cl)nc4)nc23)CC1. The molecule has 3 aromatic heterocycles. The number of amides is 1. The minimum atomic E-state index is -0.444. The average Bonchev–Trinajstić information content (AvgIpc) is 2.74. The van der Waals surface area contributed by atoms with Gasteiger partial charge in [0.25, 0.3) is 0 Å². The van der Waals surface area contributed by atoms with Crippen LogP contribution in [0.3, 0.4) is 0 Å². The molecular weight excluding hydrogens is 380 g/mol. The number of likely N-dealkylation sites (tertiary alicyclic amines) is 1. The fraction of sp³-hybridized carbons (Fsp3) is 0.316. The second-order valence-corrected chi connectivity index (χ2v) is 7.00. The van der Waals surface area contributed by atoms with Crippen LogP contribution in [0.4, 0.5) is 5.82 Å². The Morgan fingerprint density at radius 3 is 2.71 bits per heavy atom. The quantitative estimate of drug-likeness (QED) is 0.648. The van der Waals surface area contributed by atoms with Crippen molar-refractivity contribution in [3.05, 3.63) is 41.9 Å². The van der Waals surface area contributed by atoms with Crippen molar-refractivity contribution in [2.45, 2.75) is 18.9 Å². The second kappa shape index (κ2) is 8.04. The summed E-state index contributed by atoms with van der Waals surface area (Å²) in [4.78, 5) is 30.8. The van der Waals surface area contributed by atoms with Gasteiger partial charge < -0.3 is 15.3 Å². The van der Waals surface area contributed by atoms with Crippen molar-refractivity contribution >= 4 is 34.4 Å². The van der Waals surface area contributed by atoms with Gasteiger partial charge in [0.15, 0.2) is 5.82 Å². The van der Waals surface area contributed by atoms with Crippen molar-refractivity contribution in [2.75, 3.05) is 25.0 Å². The molecule has 0 aliphatic carbocycles. The lowest BCUT2D eigenvalue weighted by molar-refractivity contribution is -0.135. The molecule has 0 radical (unpaired) electrons. The van der Waals surface area contributed by atoms with Crippen LogP contribution in [0.2, 0.25) is 5.15 Å². The molecule has 9 heteroatoms. The molecule has 0 saturated carbocycles. The maximum absolute atomic E-state index is 11.6. The normalized spacial score (nSPS) is 15.0. The van der Waals surface area contributed by atoms with Gasteiger partial charge in [0.1, 0.15) is 23.6 Å². The molecule has 4 heterocycles. The topological polar surface area (TPSA) is 104 Å². The van der Waals surface area contributed by atoms with Crippen molar-refractivity contribution in [3.8, 4) is 11.3 Å². The van der Waals surface area contributed by atoms with Crippen molar-refractivity contribution in [1.29, 1.82) is 0 Å². The number of hydrogen-bond donors (Lipinski definition) is 2. The molecule has 8 nitrogen and oxygen atoms in total. The van der Waals surface area contributed by atoms with Crippen molar-refractivity contribution in [1.82, 2.24) is 24.8 Å². The number of aromatic nitrogens is 4. The summed E-state index contributed by atoms with van der Waals surface area (Å²) in [6.45, 7) is 0.769. The summed E-state index contributed by atoms with van der Waals surface area (Å²) in [7, 11) is 0. The highest BCUT2D eigenvalue weighted by Crippen LogP contribution is 2.25. The van der Waals surface area contributed by atoms with Gasteiger partial charge in [-0.25, -0.2) is 19.9 Å². The lowest BCUT2D eigenvalue weighted by Gasteiger charge is -2.32. The van der Waals surface area contributed by atoms with E-state index in [4.69, 9.17) is 21.7 Å². The standard InChI is InChI=1S/C19H19ClN6O2/c20-16-4-1-12(9-21-16)14-2-3-15-18(25-14)19(23-11-22-15)24-13-5-7-26(8-6-13)17(28)10-27/h1-4,9,11,13,27H,5-8,10H2,(H,22,23,24). The van der Waals surface area contributed by atoms with Gasteiger partial charge in [0, 0.05) is 30.9 Å². The predicted octanol–water partition coefficient (Wildman–Crippen LogP) is 2.14. The third-order valence-corrected chi connectivity index (χ3v) is 5.05. The van der Waals surface area contributed by atoms with Crippen LogP contribution in [-0.2, 0) is 4.79 Å². The van der Waals surface area contributed by atoms with E-state index in [1.807, 2.05) is 18.2 Å². The largest absolute Gasteiger partial charge is 0.387 e. The highest BCUT2D eigenvalue weighted by atomic mass is 35.5. The van der Waals surface area contributed by atoms with Gasteiger partial charge in [0.2, 0.25) is 5.91 Å². The fourth-order valence-corrected chi connectivity index (χ4v) is 3.41. The van der Waals surface area contributed by atoms with E-state index in [0.29, 0.717) is 29.6 Å². The first-order valence-corrected chi connectivity index (χ1v) is 9.40. The first-order chi connectivity index (χ1) is 13.6. The number of hydrogen-bond acceptors (Lipinski definition) is 7. The number of carbonyl (C=O) groups is 1. The number of pyridine rings is 2. The molecule has 1 saturated heterocycles. The zero-order valence-corrected chi connectivity index (χ0v) is 15.8. The minimum Gasteiger partial charge on any atom is -0.387 e. The maximum Gasteiger partial charge on any atom is 0.248 e. The van der Waals surface area contributed by atoms with Gasteiger partial charge >= 0.3 is 0 Å². The number of carbonyl (C=O) groups excluding carboxylic acids is 1. The fourth-order valence-electron chi connectivity index (χ4n) is 3.30. The zero-order chi connectivity index (χ0) is 19.5. The Bertz CT molecular complexity index is 989. The van der Waals surface area contributed by atoms with E-state index >= 15 is 0 Å². The number of aliphatic hydroxyl groups excluding tert-OH is 1. The highest BCUT2D eigenvalue weighted by Gasteiger charge is 2.23. The van der Waals surface area contributed by atoms with E-state index < -0.39 is 6.61 Å². The van der Waals surface area contributed by atoms with E-state index in [-0.39, 0.29) is 11.9 Å². The summed E-state index contributed by atoms with van der Waals surface area (Å²) < 4.78 is 0. The first kappa shape index (κ1) is 18.5. The highest BCUT2D eigenvalue weighted by molar-refractivity contribution is 6.29. The first-order valence-electron chi connectivity index (χ1n) is 9.03. The van der Waals surface area contributed by atoms with Crippen LogP contribution in [0.5, 0.6) is 0 Å². The third-order valence-electron chi connectivity index (χ3n) is 4.83. The molecule has 28 heavy (non-hydrogen) atoms. The summed E-state index contributed by atoms with van der Waals surface area (Å²) in [6, 6.07) is 7.56. The number of aliphatic hydroxyl groups is 1. The summed E-state index contributed by atoms with van der Waals surface area (Å²) >= 11 is 5.87. The molecule has 1 aliphatic heterocycles. The van der Waals surface area contributed by atoms with Crippen molar-refractivity contribution in [3.63, 3.8) is 0 Å². The Hall–Kier alpha value is -2.84. The lowest BCUT2D eigenvalue weighted by atomic mass is 10.0. The Balaban J connectivity index is 1.56. The average molecular weight is 399 g/mol. The number of anilines is 1. The van der Waals surface area contributed by atoms with Crippen LogP contribution in [-0.4, -0.2) is 61.6 Å². The summed E-state index contributed by atoms with van der Waals surface area (Å²) in [6.07, 6.45) is 4.75. The molecule has 1 fully saturated rings. The Labute approximate surface area is 166 Å². The van der Waals surface area contributed by atoms with Crippen molar-refractivity contribution < 1.29 is 9.90 Å². The van der Waals surface area contributed by atoms with Crippen LogP contribution in [0.15, 0.2) is 36.8 Å². The number of nitrogens with zero attached hydrogens (tertiary/aromatic N) is 5. The molecular formula is C19H19ClN6O2. The molecule has 0 spiro atoms. The number of rotatable bonds is 4. The third kappa shape index (κ3) is 3.88. The number of halogens is 1. The van der Waals surface area contributed by atoms with Crippen LogP contribution < -0.4 is 5.32 Å². The molecule has 1 aliphatic rings. The molecule has 3 aromatic rings. The van der Waals surface area contributed by atoms with Crippen LogP contribution >= 0.6 is 11.6 Å². The van der Waals surface area contributed by atoms with E-state index in [1.54, 1.807) is 17.2 Å². The molecule has 0 aromatic carbocycles. The molecule has 0 atom stereocenters. The van der Waals surface area contributed by atoms with E-state index in [1.165, 1.54) is 6.33 Å². The molecule has 1 amide bonds. The Morgan fingerprint density at radius 2 is 2.00 bits per heavy atom. The van der Waals surface area contributed by atoms with Gasteiger partial charge in [-0.3, -0.25) is 4.79 Å². The van der Waals surface area contributed by atoms with E-state index in [9.17, 15) is 4.79 Å². The Kier molecular flexibility index (Phi) is 5.31. The second-order valence-electron chi connectivity index (χ2n) is 6.61. The Morgan fingerprint density at radius 1 is 1.18 bits per heavy atom. The maximum atomic E-state index is 11.6. The molecule has 2 N–H and O–H groups in total. The number of fused-ring (bicyclic) bond motifs is 1. The van der Waals surface area contributed by atoms with Gasteiger partial charge in [-0.2, -0.15) is 0 Å². The smallest absolute Gasteiger partial charge is 0.248 e.